The second-order valence-corrected chi connectivity index (χ2v) is 5.37. The van der Waals surface area contributed by atoms with Crippen molar-refractivity contribution in [1.82, 2.24) is 20.3 Å². The fraction of sp³-hybridized carbons (Fsp3) is 0.385. The van der Waals surface area contributed by atoms with E-state index in [-0.39, 0.29) is 23.6 Å². The third-order valence-corrected chi connectivity index (χ3v) is 2.44. The monoisotopic (exact) mass is 260 g/mol. The maximum Gasteiger partial charge on any atom is 0.278 e. The molecule has 1 amide bonds. The number of amides is 1. The van der Waals surface area contributed by atoms with E-state index in [2.05, 4.69) is 15.6 Å². The second kappa shape index (κ2) is 4.79. The molecule has 1 aromatic heterocycles. The molecule has 0 aliphatic heterocycles. The zero-order chi connectivity index (χ0) is 14.0. The van der Waals surface area contributed by atoms with E-state index in [1.54, 1.807) is 24.3 Å². The molecule has 19 heavy (non-hydrogen) atoms. The molecule has 2 aromatic rings. The van der Waals surface area contributed by atoms with Crippen molar-refractivity contribution in [2.45, 2.75) is 32.9 Å². The fourth-order valence-corrected chi connectivity index (χ4v) is 1.72. The molecule has 6 nitrogen and oxygen atoms in total. The molecule has 1 aromatic carbocycles. The van der Waals surface area contributed by atoms with Crippen LogP contribution in [-0.2, 0) is 11.3 Å². The predicted octanol–water partition coefficient (Wildman–Crippen LogP) is 0.706. The summed E-state index contributed by atoms with van der Waals surface area (Å²) in [6.45, 7) is 5.49. The Morgan fingerprint density at radius 1 is 1.32 bits per heavy atom. The summed E-state index contributed by atoms with van der Waals surface area (Å²) in [4.78, 5) is 23.9. The van der Waals surface area contributed by atoms with E-state index >= 15 is 0 Å². The van der Waals surface area contributed by atoms with E-state index in [9.17, 15) is 9.59 Å². The van der Waals surface area contributed by atoms with Crippen LogP contribution in [0.4, 0.5) is 0 Å². The molecule has 1 N–H and O–H groups in total. The van der Waals surface area contributed by atoms with E-state index in [1.807, 2.05) is 20.8 Å². The van der Waals surface area contributed by atoms with E-state index in [4.69, 9.17) is 0 Å². The smallest absolute Gasteiger partial charge is 0.278 e. The highest BCUT2D eigenvalue weighted by molar-refractivity contribution is 5.78. The highest BCUT2D eigenvalue weighted by Gasteiger charge is 2.15. The SMILES string of the molecule is CC(C)(C)NC(=O)Cn1nnc2ccccc2c1=O. The number of nitrogens with zero attached hydrogens (tertiary/aromatic N) is 3. The fourth-order valence-electron chi connectivity index (χ4n) is 1.72. The van der Waals surface area contributed by atoms with Gasteiger partial charge in [0.05, 0.1) is 5.39 Å². The molecule has 0 spiro atoms. The average Bonchev–Trinajstić information content (AvgIpc) is 2.31. The van der Waals surface area contributed by atoms with Crippen LogP contribution in [0.25, 0.3) is 10.9 Å². The number of hydrogen-bond donors (Lipinski definition) is 1. The van der Waals surface area contributed by atoms with Crippen molar-refractivity contribution in [3.05, 3.63) is 34.6 Å². The molecule has 100 valence electrons. The van der Waals surface area contributed by atoms with Crippen molar-refractivity contribution < 1.29 is 4.79 Å². The highest BCUT2D eigenvalue weighted by Crippen LogP contribution is 2.03. The molecule has 0 aliphatic rings. The molecule has 0 saturated heterocycles. The molecule has 0 fully saturated rings. The maximum atomic E-state index is 12.1. The Morgan fingerprint density at radius 3 is 2.68 bits per heavy atom. The van der Waals surface area contributed by atoms with Crippen LogP contribution < -0.4 is 10.9 Å². The van der Waals surface area contributed by atoms with Crippen LogP contribution in [0, 0.1) is 0 Å². The van der Waals surface area contributed by atoms with Crippen LogP contribution in [0.1, 0.15) is 20.8 Å². The Hall–Kier alpha value is -2.24. The van der Waals surface area contributed by atoms with Crippen LogP contribution >= 0.6 is 0 Å². The predicted molar refractivity (Wildman–Crippen MR) is 71.7 cm³/mol. The van der Waals surface area contributed by atoms with Gasteiger partial charge in [0.1, 0.15) is 12.1 Å². The minimum absolute atomic E-state index is 0.131. The Balaban J connectivity index is 2.29. The summed E-state index contributed by atoms with van der Waals surface area (Å²) in [5.41, 5.74) is -0.125. The van der Waals surface area contributed by atoms with Gasteiger partial charge in [0.25, 0.3) is 5.56 Å². The van der Waals surface area contributed by atoms with Crippen molar-refractivity contribution in [3.63, 3.8) is 0 Å². The lowest BCUT2D eigenvalue weighted by molar-refractivity contribution is -0.123. The minimum atomic E-state index is -0.342. The lowest BCUT2D eigenvalue weighted by Gasteiger charge is -2.20. The molecule has 0 radical (unpaired) electrons. The average molecular weight is 260 g/mol. The molecule has 6 heteroatoms. The van der Waals surface area contributed by atoms with E-state index in [0.29, 0.717) is 10.9 Å². The summed E-state index contributed by atoms with van der Waals surface area (Å²) in [5, 5.41) is 10.9. The van der Waals surface area contributed by atoms with Gasteiger partial charge < -0.3 is 5.32 Å². The number of carbonyl (C=O) groups excluding carboxylic acids is 1. The first-order valence-electron chi connectivity index (χ1n) is 6.00. The summed E-state index contributed by atoms with van der Waals surface area (Å²) >= 11 is 0. The second-order valence-electron chi connectivity index (χ2n) is 5.37. The van der Waals surface area contributed by atoms with Gasteiger partial charge in [0, 0.05) is 5.54 Å². The van der Waals surface area contributed by atoms with Gasteiger partial charge in [0.15, 0.2) is 0 Å². The largest absolute Gasteiger partial charge is 0.350 e. The maximum absolute atomic E-state index is 12.1. The standard InChI is InChI=1S/C13H16N4O2/c1-13(2,3)14-11(18)8-17-12(19)9-6-4-5-7-10(9)15-16-17/h4-7H,8H2,1-3H3,(H,14,18). The molecule has 0 unspecified atom stereocenters. The van der Waals surface area contributed by atoms with Crippen LogP contribution in [0.5, 0.6) is 0 Å². The molecule has 0 saturated carbocycles. The molecular formula is C13H16N4O2. The molecule has 1 heterocycles. The number of fused-ring (bicyclic) bond motifs is 1. The van der Waals surface area contributed by atoms with Crippen LogP contribution in [0.2, 0.25) is 0 Å². The lowest BCUT2D eigenvalue weighted by Crippen LogP contribution is -2.44. The summed E-state index contributed by atoms with van der Waals surface area (Å²) in [7, 11) is 0. The van der Waals surface area contributed by atoms with Crippen molar-refractivity contribution in [2.75, 3.05) is 0 Å². The van der Waals surface area contributed by atoms with Crippen LogP contribution in [0.15, 0.2) is 29.1 Å². The number of hydrogen-bond acceptors (Lipinski definition) is 4. The molecular weight excluding hydrogens is 244 g/mol. The number of aromatic nitrogens is 3. The van der Waals surface area contributed by atoms with Gasteiger partial charge in [-0.3, -0.25) is 9.59 Å². The van der Waals surface area contributed by atoms with Gasteiger partial charge >= 0.3 is 0 Å². The van der Waals surface area contributed by atoms with Crippen molar-refractivity contribution >= 4 is 16.8 Å². The van der Waals surface area contributed by atoms with E-state index < -0.39 is 0 Å². The number of carbonyl (C=O) groups is 1. The zero-order valence-electron chi connectivity index (χ0n) is 11.2. The Labute approximate surface area is 110 Å². The molecule has 0 atom stereocenters. The first-order chi connectivity index (χ1) is 8.87. The summed E-state index contributed by atoms with van der Waals surface area (Å²) < 4.78 is 1.07. The minimum Gasteiger partial charge on any atom is -0.350 e. The Morgan fingerprint density at radius 2 is 2.00 bits per heavy atom. The quantitative estimate of drug-likeness (QED) is 0.862. The highest BCUT2D eigenvalue weighted by atomic mass is 16.2. The van der Waals surface area contributed by atoms with Gasteiger partial charge in [-0.1, -0.05) is 17.3 Å². The number of nitrogens with one attached hydrogen (secondary N) is 1. The van der Waals surface area contributed by atoms with Crippen LogP contribution in [-0.4, -0.2) is 26.4 Å². The Bertz CT molecular complexity index is 670. The zero-order valence-corrected chi connectivity index (χ0v) is 11.2. The van der Waals surface area contributed by atoms with Gasteiger partial charge in [-0.2, -0.15) is 0 Å². The van der Waals surface area contributed by atoms with Gasteiger partial charge in [0.2, 0.25) is 5.91 Å². The first-order valence-corrected chi connectivity index (χ1v) is 6.00. The summed E-state index contributed by atoms with van der Waals surface area (Å²) in [6, 6.07) is 6.92. The third-order valence-electron chi connectivity index (χ3n) is 2.44. The third kappa shape index (κ3) is 3.15. The molecule has 0 bridgehead atoms. The Kier molecular flexibility index (Phi) is 3.33. The van der Waals surface area contributed by atoms with E-state index in [1.165, 1.54) is 0 Å². The van der Waals surface area contributed by atoms with Gasteiger partial charge in [-0.25, -0.2) is 4.68 Å². The summed E-state index contributed by atoms with van der Waals surface area (Å²) in [6.07, 6.45) is 0. The van der Waals surface area contributed by atoms with Crippen molar-refractivity contribution in [1.29, 1.82) is 0 Å². The van der Waals surface area contributed by atoms with Gasteiger partial charge in [-0.15, -0.1) is 5.10 Å². The first kappa shape index (κ1) is 13.2. The topological polar surface area (TPSA) is 76.9 Å². The lowest BCUT2D eigenvalue weighted by atomic mass is 10.1. The summed E-state index contributed by atoms with van der Waals surface area (Å²) in [5.74, 6) is -0.265. The van der Waals surface area contributed by atoms with Crippen LogP contribution in [0.3, 0.4) is 0 Å². The number of rotatable bonds is 2. The molecule has 2 rings (SSSR count). The van der Waals surface area contributed by atoms with Gasteiger partial charge in [-0.05, 0) is 32.9 Å². The molecule has 0 aliphatic carbocycles. The van der Waals surface area contributed by atoms with Crippen molar-refractivity contribution in [3.8, 4) is 0 Å². The van der Waals surface area contributed by atoms with E-state index in [0.717, 1.165) is 4.68 Å². The normalized spacial score (nSPS) is 11.5. The van der Waals surface area contributed by atoms with Crippen molar-refractivity contribution in [2.24, 2.45) is 0 Å². The number of benzene rings is 1.